The van der Waals surface area contributed by atoms with Crippen LogP contribution in [0.5, 0.6) is 0 Å². The summed E-state index contributed by atoms with van der Waals surface area (Å²) in [5, 5.41) is 7.68. The topological polar surface area (TPSA) is 73.2 Å². The average Bonchev–Trinajstić information content (AvgIpc) is 2.90. The Morgan fingerprint density at radius 1 is 1.36 bits per heavy atom. The lowest BCUT2D eigenvalue weighted by molar-refractivity contribution is 0.0531. The van der Waals surface area contributed by atoms with Gasteiger partial charge in [-0.25, -0.2) is 4.79 Å². The number of rotatable bonds is 4. The number of hydrogen-bond acceptors (Lipinski definition) is 5. The van der Waals surface area contributed by atoms with E-state index in [1.807, 2.05) is 13.8 Å². The van der Waals surface area contributed by atoms with E-state index in [1.165, 1.54) is 11.3 Å². The third-order valence-electron chi connectivity index (χ3n) is 3.35. The molecule has 2 aromatic rings. The Hall–Kier alpha value is -2.15. The molecule has 0 aliphatic heterocycles. The molecular weight excluding hydrogens is 302 g/mol. The van der Waals surface area contributed by atoms with Crippen molar-refractivity contribution in [3.63, 3.8) is 0 Å². The number of aromatic nitrogens is 2. The highest BCUT2D eigenvalue weighted by Crippen LogP contribution is 2.28. The first-order valence-corrected chi connectivity index (χ1v) is 7.75. The molecule has 0 aromatic carbocycles. The van der Waals surface area contributed by atoms with Crippen LogP contribution >= 0.6 is 11.3 Å². The van der Waals surface area contributed by atoms with Crippen LogP contribution in [0.3, 0.4) is 0 Å². The smallest absolute Gasteiger partial charge is 0.348 e. The second-order valence-electron chi connectivity index (χ2n) is 4.97. The lowest BCUT2D eigenvalue weighted by atomic mass is 10.2. The predicted molar refractivity (Wildman–Crippen MR) is 85.6 cm³/mol. The van der Waals surface area contributed by atoms with Crippen molar-refractivity contribution >= 4 is 28.2 Å². The highest BCUT2D eigenvalue weighted by molar-refractivity contribution is 7.18. The molecule has 0 spiro atoms. The van der Waals surface area contributed by atoms with Gasteiger partial charge in [0.25, 0.3) is 5.91 Å². The van der Waals surface area contributed by atoms with E-state index >= 15 is 0 Å². The number of anilines is 1. The first-order chi connectivity index (χ1) is 10.3. The van der Waals surface area contributed by atoms with Gasteiger partial charge in [0.1, 0.15) is 4.88 Å². The summed E-state index contributed by atoms with van der Waals surface area (Å²) in [7, 11) is 1.80. The van der Waals surface area contributed by atoms with E-state index in [2.05, 4.69) is 10.4 Å². The maximum absolute atomic E-state index is 12.4. The molecule has 0 unspecified atom stereocenters. The third kappa shape index (κ3) is 3.04. The van der Waals surface area contributed by atoms with Gasteiger partial charge in [-0.05, 0) is 39.3 Å². The summed E-state index contributed by atoms with van der Waals surface area (Å²) >= 11 is 1.22. The first-order valence-electron chi connectivity index (χ1n) is 6.94. The van der Waals surface area contributed by atoms with Gasteiger partial charge in [0.2, 0.25) is 0 Å². The van der Waals surface area contributed by atoms with Gasteiger partial charge in [-0.1, -0.05) is 0 Å². The number of carbonyl (C=O) groups is 2. The minimum atomic E-state index is -0.362. The second-order valence-corrected chi connectivity index (χ2v) is 6.02. The van der Waals surface area contributed by atoms with Crippen LogP contribution in [0.15, 0.2) is 6.07 Å². The molecule has 0 radical (unpaired) electrons. The molecule has 2 rings (SSSR count). The van der Waals surface area contributed by atoms with Crippen molar-refractivity contribution in [2.24, 2.45) is 7.05 Å². The van der Waals surface area contributed by atoms with Gasteiger partial charge in [0.05, 0.1) is 22.9 Å². The number of aryl methyl sites for hydroxylation is 3. The summed E-state index contributed by atoms with van der Waals surface area (Å²) in [6.45, 7) is 7.55. The highest BCUT2D eigenvalue weighted by Gasteiger charge is 2.20. The number of hydrogen-bond donors (Lipinski definition) is 1. The van der Waals surface area contributed by atoms with Crippen LogP contribution in [0.25, 0.3) is 0 Å². The van der Waals surface area contributed by atoms with Crippen molar-refractivity contribution in [1.82, 2.24) is 9.78 Å². The third-order valence-corrected chi connectivity index (χ3v) is 4.48. The molecule has 118 valence electrons. The van der Waals surface area contributed by atoms with Crippen LogP contribution in [-0.2, 0) is 11.8 Å². The number of nitrogens with zero attached hydrogens (tertiary/aromatic N) is 2. The Balaban J connectivity index is 2.22. The Labute approximate surface area is 133 Å². The minimum Gasteiger partial charge on any atom is -0.462 e. The summed E-state index contributed by atoms with van der Waals surface area (Å²) in [4.78, 5) is 24.7. The van der Waals surface area contributed by atoms with Crippen LogP contribution in [0.4, 0.5) is 5.00 Å². The number of esters is 1. The van der Waals surface area contributed by atoms with Crippen molar-refractivity contribution < 1.29 is 14.3 Å². The zero-order valence-electron chi connectivity index (χ0n) is 13.3. The van der Waals surface area contributed by atoms with E-state index < -0.39 is 0 Å². The fraction of sp³-hybridized carbons (Fsp3) is 0.400. The fourth-order valence-electron chi connectivity index (χ4n) is 2.22. The molecule has 1 amide bonds. The summed E-state index contributed by atoms with van der Waals surface area (Å²) < 4.78 is 6.67. The molecule has 22 heavy (non-hydrogen) atoms. The maximum Gasteiger partial charge on any atom is 0.348 e. The number of thiophene rings is 1. The SMILES string of the molecule is CCOC(=O)c1sc(NC(=O)c2c(C)nn(C)c2C)cc1C. The Morgan fingerprint density at radius 3 is 2.59 bits per heavy atom. The van der Waals surface area contributed by atoms with Crippen molar-refractivity contribution in [2.45, 2.75) is 27.7 Å². The minimum absolute atomic E-state index is 0.222. The van der Waals surface area contributed by atoms with Crippen LogP contribution in [-0.4, -0.2) is 28.3 Å². The molecule has 0 atom stereocenters. The van der Waals surface area contributed by atoms with Crippen molar-refractivity contribution in [2.75, 3.05) is 11.9 Å². The number of carbonyl (C=O) groups excluding carboxylic acids is 2. The summed E-state index contributed by atoms with van der Waals surface area (Å²) in [6, 6.07) is 1.77. The quantitative estimate of drug-likeness (QED) is 0.879. The van der Waals surface area contributed by atoms with Gasteiger partial charge in [-0.15, -0.1) is 11.3 Å². The van der Waals surface area contributed by atoms with E-state index in [0.717, 1.165) is 11.3 Å². The van der Waals surface area contributed by atoms with E-state index in [4.69, 9.17) is 4.74 Å². The summed E-state index contributed by atoms with van der Waals surface area (Å²) in [5.74, 6) is -0.584. The van der Waals surface area contributed by atoms with Crippen molar-refractivity contribution in [3.05, 3.63) is 33.5 Å². The standard InChI is InChI=1S/C15H19N3O3S/c1-6-21-15(20)13-8(2)7-11(22-13)16-14(19)12-9(3)17-18(5)10(12)4/h7H,6H2,1-5H3,(H,16,19). The first kappa shape index (κ1) is 16.2. The average molecular weight is 321 g/mol. The van der Waals surface area contributed by atoms with Gasteiger partial charge in [0, 0.05) is 12.7 Å². The molecule has 7 heteroatoms. The molecular formula is C15H19N3O3S. The van der Waals surface area contributed by atoms with Gasteiger partial charge in [0.15, 0.2) is 0 Å². The summed E-state index contributed by atoms with van der Waals surface area (Å²) in [5.41, 5.74) is 2.83. The molecule has 0 saturated heterocycles. The lowest BCUT2D eigenvalue weighted by Crippen LogP contribution is -2.13. The zero-order valence-corrected chi connectivity index (χ0v) is 14.1. The van der Waals surface area contributed by atoms with Crippen molar-refractivity contribution in [3.8, 4) is 0 Å². The van der Waals surface area contributed by atoms with Crippen LogP contribution in [0, 0.1) is 20.8 Å². The van der Waals surface area contributed by atoms with E-state index in [1.54, 1.807) is 31.6 Å². The lowest BCUT2D eigenvalue weighted by Gasteiger charge is -2.03. The normalized spacial score (nSPS) is 10.6. The molecule has 0 aliphatic rings. The molecule has 2 heterocycles. The van der Waals surface area contributed by atoms with E-state index in [-0.39, 0.29) is 11.9 Å². The molecule has 0 saturated carbocycles. The summed E-state index contributed by atoms with van der Waals surface area (Å²) in [6.07, 6.45) is 0. The Bertz CT molecular complexity index is 731. The van der Waals surface area contributed by atoms with E-state index in [9.17, 15) is 9.59 Å². The van der Waals surface area contributed by atoms with Crippen molar-refractivity contribution in [1.29, 1.82) is 0 Å². The van der Waals surface area contributed by atoms with Gasteiger partial charge in [-0.3, -0.25) is 9.48 Å². The van der Waals surface area contributed by atoms with E-state index in [0.29, 0.717) is 27.7 Å². The number of nitrogens with one attached hydrogen (secondary N) is 1. The Kier molecular flexibility index (Phi) is 4.65. The molecule has 0 bridgehead atoms. The van der Waals surface area contributed by atoms with Gasteiger partial charge >= 0.3 is 5.97 Å². The van der Waals surface area contributed by atoms with Crippen LogP contribution in [0.2, 0.25) is 0 Å². The molecule has 0 aliphatic carbocycles. The number of amides is 1. The predicted octanol–water partition coefficient (Wildman–Crippen LogP) is 2.84. The molecule has 2 aromatic heterocycles. The molecule has 6 nitrogen and oxygen atoms in total. The molecule has 1 N–H and O–H groups in total. The van der Waals surface area contributed by atoms with Crippen LogP contribution in [0.1, 0.15) is 43.9 Å². The molecule has 0 fully saturated rings. The maximum atomic E-state index is 12.4. The fourth-order valence-corrected chi connectivity index (χ4v) is 3.18. The van der Waals surface area contributed by atoms with Gasteiger partial charge < -0.3 is 10.1 Å². The van der Waals surface area contributed by atoms with Gasteiger partial charge in [-0.2, -0.15) is 5.10 Å². The number of ether oxygens (including phenoxy) is 1. The second kappa shape index (κ2) is 6.31. The monoisotopic (exact) mass is 321 g/mol. The zero-order chi connectivity index (χ0) is 16.4. The Morgan fingerprint density at radius 2 is 2.05 bits per heavy atom. The largest absolute Gasteiger partial charge is 0.462 e. The highest BCUT2D eigenvalue weighted by atomic mass is 32.1. The van der Waals surface area contributed by atoms with Crippen LogP contribution < -0.4 is 5.32 Å².